The van der Waals surface area contributed by atoms with Gasteiger partial charge in [-0.25, -0.2) is 0 Å². The molecule has 0 atom stereocenters. The Kier molecular flexibility index (Phi) is 5.75. The quantitative estimate of drug-likeness (QED) is 0.240. The van der Waals surface area contributed by atoms with Crippen molar-refractivity contribution in [3.05, 3.63) is 132 Å². The predicted molar refractivity (Wildman–Crippen MR) is 142 cm³/mol. The van der Waals surface area contributed by atoms with Crippen LogP contribution in [0.1, 0.15) is 0 Å². The molecule has 32 heavy (non-hydrogen) atoms. The maximum Gasteiger partial charge on any atom is 0.189 e. The Morgan fingerprint density at radius 1 is 0.531 bits per heavy atom. The van der Waals surface area contributed by atoms with Crippen molar-refractivity contribution in [1.82, 2.24) is 9.13 Å². The molecule has 0 aliphatic rings. The molecule has 5 heteroatoms. The molecule has 1 aromatic heterocycles. The largest absolute Gasteiger partial charge is 0.292 e. The molecule has 2 nitrogen and oxygen atoms in total. The molecule has 156 valence electrons. The summed E-state index contributed by atoms with van der Waals surface area (Å²) in [4.78, 5) is 0. The van der Waals surface area contributed by atoms with E-state index >= 15 is 0 Å². The third kappa shape index (κ3) is 3.61. The number of para-hydroxylation sites is 2. The minimum Gasteiger partial charge on any atom is -0.292 e. The number of rotatable bonds is 5. The molecule has 1 heterocycles. The van der Waals surface area contributed by atoms with Crippen LogP contribution in [0.15, 0.2) is 128 Å². The SMILES string of the molecule is S=c1n(-c2ccccc2)cc(P(=S)(c2ccccc2)c2ccccc2)n1-c1ccccc1. The van der Waals surface area contributed by atoms with Crippen molar-refractivity contribution in [2.24, 2.45) is 0 Å². The van der Waals surface area contributed by atoms with Gasteiger partial charge in [-0.2, -0.15) is 0 Å². The van der Waals surface area contributed by atoms with Crippen LogP contribution in [-0.4, -0.2) is 9.13 Å². The summed E-state index contributed by atoms with van der Waals surface area (Å²) in [6, 6.07) is 39.0. The summed E-state index contributed by atoms with van der Waals surface area (Å²) in [6.07, 6.45) is 2.14. The van der Waals surface area contributed by atoms with Gasteiger partial charge in [0.05, 0.1) is 11.5 Å². The van der Waals surface area contributed by atoms with Crippen molar-refractivity contribution in [3.8, 4) is 11.4 Å². The van der Waals surface area contributed by atoms with E-state index in [0.29, 0.717) is 4.77 Å². The molecule has 5 rings (SSSR count). The topological polar surface area (TPSA) is 9.86 Å². The first-order valence-electron chi connectivity index (χ1n) is 10.4. The zero-order valence-corrected chi connectivity index (χ0v) is 19.8. The smallest absolute Gasteiger partial charge is 0.189 e. The highest BCUT2D eigenvalue weighted by molar-refractivity contribution is 8.25. The highest BCUT2D eigenvalue weighted by Gasteiger charge is 2.30. The minimum atomic E-state index is -2.40. The minimum absolute atomic E-state index is 0.707. The Morgan fingerprint density at radius 3 is 1.41 bits per heavy atom. The molecule has 0 radical (unpaired) electrons. The molecular formula is C27H21N2PS2. The fourth-order valence-electron chi connectivity index (χ4n) is 3.94. The third-order valence-electron chi connectivity index (χ3n) is 5.48. The van der Waals surface area contributed by atoms with Crippen LogP contribution in [0.4, 0.5) is 0 Å². The van der Waals surface area contributed by atoms with Gasteiger partial charge in [-0.15, -0.1) is 0 Å². The van der Waals surface area contributed by atoms with E-state index in [2.05, 4.69) is 88.1 Å². The standard InChI is InChI=1S/C27H21N2PS2/c31-27-28(22-13-5-1-6-14-22)21-26(29(27)23-15-7-2-8-16-23)30(32,24-17-9-3-10-18-24)25-19-11-4-12-20-25/h1-21H. The monoisotopic (exact) mass is 468 g/mol. The number of nitrogens with zero attached hydrogens (tertiary/aromatic N) is 2. The summed E-state index contributed by atoms with van der Waals surface area (Å²) in [5, 5.41) is 2.29. The average molecular weight is 469 g/mol. The number of hydrogen-bond acceptors (Lipinski definition) is 2. The zero-order valence-electron chi connectivity index (χ0n) is 17.3. The van der Waals surface area contributed by atoms with Gasteiger partial charge in [-0.05, 0) is 47.1 Å². The van der Waals surface area contributed by atoms with E-state index in [-0.39, 0.29) is 0 Å². The second kappa shape index (κ2) is 8.84. The van der Waals surface area contributed by atoms with Crippen LogP contribution in [0.25, 0.3) is 11.4 Å². The van der Waals surface area contributed by atoms with Gasteiger partial charge in [0, 0.05) is 17.6 Å². The maximum atomic E-state index is 6.64. The van der Waals surface area contributed by atoms with E-state index < -0.39 is 6.04 Å². The van der Waals surface area contributed by atoms with Crippen molar-refractivity contribution < 1.29 is 0 Å². The highest BCUT2D eigenvalue weighted by atomic mass is 32.4. The van der Waals surface area contributed by atoms with Crippen molar-refractivity contribution in [2.45, 2.75) is 0 Å². The molecule has 0 N–H and O–H groups in total. The Bertz CT molecular complexity index is 1400. The van der Waals surface area contributed by atoms with E-state index in [0.717, 1.165) is 27.4 Å². The zero-order chi connectivity index (χ0) is 22.0. The molecule has 0 aliphatic carbocycles. The normalized spacial score (nSPS) is 11.4. The molecule has 0 aliphatic heterocycles. The second-order valence-electron chi connectivity index (χ2n) is 7.43. The molecule has 0 saturated carbocycles. The van der Waals surface area contributed by atoms with Gasteiger partial charge in [0.1, 0.15) is 0 Å². The van der Waals surface area contributed by atoms with Crippen molar-refractivity contribution in [1.29, 1.82) is 0 Å². The fourth-order valence-corrected chi connectivity index (χ4v) is 8.27. The Labute approximate surface area is 198 Å². The molecule has 0 saturated heterocycles. The summed E-state index contributed by atoms with van der Waals surface area (Å²) in [5.41, 5.74) is 3.09. The average Bonchev–Trinajstić information content (AvgIpc) is 3.23. The Hall–Kier alpha value is -3.04. The summed E-state index contributed by atoms with van der Waals surface area (Å²) in [5.74, 6) is 0. The van der Waals surface area contributed by atoms with Crippen LogP contribution in [0.3, 0.4) is 0 Å². The molecule has 5 aromatic rings. The third-order valence-corrected chi connectivity index (χ3v) is 10.7. The number of hydrogen-bond donors (Lipinski definition) is 0. The molecule has 0 spiro atoms. The summed E-state index contributed by atoms with van der Waals surface area (Å²) < 4.78 is 4.94. The lowest BCUT2D eigenvalue weighted by Gasteiger charge is -2.24. The molecule has 0 fully saturated rings. The highest BCUT2D eigenvalue weighted by Crippen LogP contribution is 2.43. The summed E-state index contributed by atoms with van der Waals surface area (Å²) >= 11 is 12.7. The van der Waals surface area contributed by atoms with Crippen LogP contribution in [0.2, 0.25) is 0 Å². The number of imidazole rings is 1. The van der Waals surface area contributed by atoms with Crippen LogP contribution < -0.4 is 16.0 Å². The lowest BCUT2D eigenvalue weighted by atomic mass is 10.3. The van der Waals surface area contributed by atoms with Gasteiger partial charge in [0.2, 0.25) is 0 Å². The van der Waals surface area contributed by atoms with Gasteiger partial charge in [-0.1, -0.05) is 109 Å². The van der Waals surface area contributed by atoms with Crippen LogP contribution in [-0.2, 0) is 11.8 Å². The summed E-state index contributed by atoms with van der Waals surface area (Å²) in [7, 11) is 0. The first kappa shape index (κ1) is 20.8. The lowest BCUT2D eigenvalue weighted by Crippen LogP contribution is -2.29. The van der Waals surface area contributed by atoms with Crippen molar-refractivity contribution >= 4 is 46.1 Å². The van der Waals surface area contributed by atoms with Crippen LogP contribution >= 0.6 is 18.3 Å². The first-order valence-corrected chi connectivity index (χ1v) is 13.6. The van der Waals surface area contributed by atoms with E-state index in [9.17, 15) is 0 Å². The van der Waals surface area contributed by atoms with Gasteiger partial charge in [0.25, 0.3) is 0 Å². The fraction of sp³-hybridized carbons (Fsp3) is 0. The molecule has 0 amide bonds. The van der Waals surface area contributed by atoms with E-state index in [1.54, 1.807) is 0 Å². The van der Waals surface area contributed by atoms with Crippen LogP contribution in [0, 0.1) is 4.77 Å². The van der Waals surface area contributed by atoms with E-state index in [4.69, 9.17) is 24.0 Å². The molecule has 0 unspecified atom stereocenters. The molecule has 4 aromatic carbocycles. The maximum absolute atomic E-state index is 6.64. The lowest BCUT2D eigenvalue weighted by molar-refractivity contribution is 0.964. The predicted octanol–water partition coefficient (Wildman–Crippen LogP) is 5.75. The molecular weight excluding hydrogens is 447 g/mol. The van der Waals surface area contributed by atoms with Gasteiger partial charge in [0.15, 0.2) is 4.77 Å². The number of benzene rings is 4. The summed E-state index contributed by atoms with van der Waals surface area (Å²) in [6.45, 7) is 0. The van der Waals surface area contributed by atoms with Gasteiger partial charge >= 0.3 is 0 Å². The Morgan fingerprint density at radius 2 is 0.938 bits per heavy atom. The first-order chi connectivity index (χ1) is 15.7. The van der Waals surface area contributed by atoms with Gasteiger partial charge in [-0.3, -0.25) is 9.13 Å². The van der Waals surface area contributed by atoms with Crippen molar-refractivity contribution in [2.75, 3.05) is 0 Å². The number of aromatic nitrogens is 2. The van der Waals surface area contributed by atoms with E-state index in [1.165, 1.54) is 0 Å². The Balaban J connectivity index is 1.89. The second-order valence-corrected chi connectivity index (χ2v) is 12.1. The van der Waals surface area contributed by atoms with E-state index in [1.807, 2.05) is 48.5 Å². The van der Waals surface area contributed by atoms with Crippen molar-refractivity contribution in [3.63, 3.8) is 0 Å². The molecule has 0 bridgehead atoms. The van der Waals surface area contributed by atoms with Crippen LogP contribution in [0.5, 0.6) is 0 Å². The van der Waals surface area contributed by atoms with Gasteiger partial charge < -0.3 is 0 Å².